The van der Waals surface area contributed by atoms with Gasteiger partial charge in [-0.15, -0.1) is 0 Å². The highest BCUT2D eigenvalue weighted by atomic mass is 16.2. The Morgan fingerprint density at radius 3 is 2.48 bits per heavy atom. The lowest BCUT2D eigenvalue weighted by Crippen LogP contribution is -2.31. The molecule has 0 aliphatic heterocycles. The van der Waals surface area contributed by atoms with Crippen molar-refractivity contribution in [2.75, 3.05) is 4.90 Å². The summed E-state index contributed by atoms with van der Waals surface area (Å²) in [6.45, 7) is 0.352. The predicted octanol–water partition coefficient (Wildman–Crippen LogP) is 2.90. The van der Waals surface area contributed by atoms with Crippen molar-refractivity contribution < 1.29 is 9.59 Å². The summed E-state index contributed by atoms with van der Waals surface area (Å²) in [5.41, 5.74) is 1.90. The number of fused-ring (bicyclic) bond motifs is 1. The second-order valence-corrected chi connectivity index (χ2v) is 4.77. The Hall–Kier alpha value is -2.88. The van der Waals surface area contributed by atoms with Gasteiger partial charge in [-0.3, -0.25) is 14.5 Å². The molecule has 0 radical (unpaired) electrons. The van der Waals surface area contributed by atoms with Crippen LogP contribution in [0.1, 0.15) is 5.56 Å². The number of aromatic amines is 1. The summed E-state index contributed by atoms with van der Waals surface area (Å²) < 4.78 is 0. The Morgan fingerprint density at radius 2 is 1.76 bits per heavy atom. The van der Waals surface area contributed by atoms with Crippen molar-refractivity contribution in [3.63, 3.8) is 0 Å². The number of H-pyrrole nitrogens is 1. The third-order valence-electron chi connectivity index (χ3n) is 3.36. The van der Waals surface area contributed by atoms with Crippen LogP contribution < -0.4 is 4.90 Å². The first-order valence-corrected chi connectivity index (χ1v) is 6.66. The van der Waals surface area contributed by atoms with Crippen molar-refractivity contribution in [3.8, 4) is 0 Å². The van der Waals surface area contributed by atoms with Crippen molar-refractivity contribution >= 4 is 28.9 Å². The number of aromatic nitrogens is 1. The lowest BCUT2D eigenvalue weighted by molar-refractivity contribution is -0.129. The van der Waals surface area contributed by atoms with E-state index in [-0.39, 0.29) is 0 Å². The van der Waals surface area contributed by atoms with E-state index in [1.165, 1.54) is 4.90 Å². The lowest BCUT2D eigenvalue weighted by atomic mass is 10.2. The average Bonchev–Trinajstić information content (AvgIpc) is 2.96. The minimum Gasteiger partial charge on any atom is -0.341 e. The molecule has 2 aromatic carbocycles. The molecule has 21 heavy (non-hydrogen) atoms. The van der Waals surface area contributed by atoms with Crippen molar-refractivity contribution in [3.05, 3.63) is 66.2 Å². The molecule has 0 aliphatic carbocycles. The number of hydrogen-bond donors (Lipinski definition) is 1. The zero-order valence-corrected chi connectivity index (χ0v) is 11.3. The number of hydrogen-bond acceptors (Lipinski definition) is 2. The molecule has 0 atom stereocenters. The van der Waals surface area contributed by atoms with Crippen molar-refractivity contribution in [1.82, 2.24) is 4.98 Å². The molecule has 1 N–H and O–H groups in total. The van der Waals surface area contributed by atoms with Crippen molar-refractivity contribution in [2.45, 2.75) is 6.54 Å². The Kier molecular flexibility index (Phi) is 3.51. The number of nitrogens with one attached hydrogen (secondary N) is 1. The summed E-state index contributed by atoms with van der Waals surface area (Å²) in [5.74, 6) is 0.0579. The molecule has 0 fully saturated rings. The van der Waals surface area contributed by atoms with E-state index in [9.17, 15) is 9.59 Å². The Labute approximate surface area is 122 Å². The van der Waals surface area contributed by atoms with E-state index in [0.717, 1.165) is 16.5 Å². The van der Waals surface area contributed by atoms with Gasteiger partial charge in [0.2, 0.25) is 6.29 Å². The van der Waals surface area contributed by atoms with Crippen LogP contribution in [-0.4, -0.2) is 17.2 Å². The molecule has 0 bridgehead atoms. The van der Waals surface area contributed by atoms with Gasteiger partial charge in [0.15, 0.2) is 0 Å². The second-order valence-electron chi connectivity index (χ2n) is 4.77. The van der Waals surface area contributed by atoms with Crippen molar-refractivity contribution in [2.24, 2.45) is 0 Å². The number of rotatable bonds is 4. The fourth-order valence-corrected chi connectivity index (χ4v) is 2.31. The monoisotopic (exact) mass is 278 g/mol. The number of anilines is 1. The fourth-order valence-electron chi connectivity index (χ4n) is 2.31. The van der Waals surface area contributed by atoms with Gasteiger partial charge in [0, 0.05) is 10.9 Å². The molecule has 1 amide bonds. The number of amides is 1. The SMILES string of the molecule is O=CC(=O)N(Cc1ccccc1)c1cc2ccccc2[nH]1. The first-order chi connectivity index (χ1) is 10.3. The number of para-hydroxylation sites is 1. The van der Waals surface area contributed by atoms with E-state index >= 15 is 0 Å². The Bertz CT molecular complexity index is 745. The molecule has 0 spiro atoms. The average molecular weight is 278 g/mol. The van der Waals surface area contributed by atoms with Gasteiger partial charge in [-0.25, -0.2) is 0 Å². The van der Waals surface area contributed by atoms with Gasteiger partial charge < -0.3 is 4.98 Å². The van der Waals surface area contributed by atoms with Gasteiger partial charge in [0.1, 0.15) is 5.82 Å². The zero-order chi connectivity index (χ0) is 14.7. The van der Waals surface area contributed by atoms with Crippen LogP contribution in [-0.2, 0) is 16.1 Å². The molecule has 4 nitrogen and oxygen atoms in total. The van der Waals surface area contributed by atoms with E-state index in [2.05, 4.69) is 4.98 Å². The molecule has 3 rings (SSSR count). The fraction of sp³-hybridized carbons (Fsp3) is 0.0588. The summed E-state index contributed by atoms with van der Waals surface area (Å²) in [5, 5.41) is 1.00. The third kappa shape index (κ3) is 2.69. The normalized spacial score (nSPS) is 10.5. The molecular weight excluding hydrogens is 264 g/mol. The van der Waals surface area contributed by atoms with E-state index < -0.39 is 5.91 Å². The quantitative estimate of drug-likeness (QED) is 0.589. The zero-order valence-electron chi connectivity index (χ0n) is 11.3. The summed E-state index contributed by atoms with van der Waals surface area (Å²) in [4.78, 5) is 27.5. The molecule has 3 aromatic rings. The smallest absolute Gasteiger partial charge is 0.292 e. The minimum atomic E-state index is -0.564. The minimum absolute atomic E-state index is 0.342. The van der Waals surface area contributed by atoms with Crippen LogP contribution >= 0.6 is 0 Å². The Balaban J connectivity index is 1.98. The predicted molar refractivity (Wildman–Crippen MR) is 82.0 cm³/mol. The Morgan fingerprint density at radius 1 is 1.05 bits per heavy atom. The summed E-state index contributed by atoms with van der Waals surface area (Å²) in [6, 6.07) is 19.2. The van der Waals surface area contributed by atoms with Crippen LogP contribution in [0.3, 0.4) is 0 Å². The largest absolute Gasteiger partial charge is 0.341 e. The molecule has 1 aromatic heterocycles. The third-order valence-corrected chi connectivity index (χ3v) is 3.36. The van der Waals surface area contributed by atoms with E-state index in [0.29, 0.717) is 18.6 Å². The van der Waals surface area contributed by atoms with Gasteiger partial charge in [-0.05, 0) is 17.7 Å². The highest BCUT2D eigenvalue weighted by molar-refractivity contribution is 6.30. The summed E-state index contributed by atoms with van der Waals surface area (Å²) in [6.07, 6.45) is 0.342. The molecule has 104 valence electrons. The van der Waals surface area contributed by atoms with E-state index in [4.69, 9.17) is 0 Å². The molecule has 0 saturated heterocycles. The first kappa shape index (κ1) is 13.1. The topological polar surface area (TPSA) is 53.2 Å². The first-order valence-electron chi connectivity index (χ1n) is 6.66. The maximum Gasteiger partial charge on any atom is 0.292 e. The highest BCUT2D eigenvalue weighted by Crippen LogP contribution is 2.23. The molecule has 0 aliphatic rings. The number of carbonyl (C=O) groups excluding carboxylic acids is 2. The number of carbonyl (C=O) groups is 2. The number of benzene rings is 2. The molecule has 0 saturated carbocycles. The van der Waals surface area contributed by atoms with Gasteiger partial charge in [0.25, 0.3) is 5.91 Å². The van der Waals surface area contributed by atoms with E-state index in [1.807, 2.05) is 60.7 Å². The van der Waals surface area contributed by atoms with Gasteiger partial charge in [-0.2, -0.15) is 0 Å². The van der Waals surface area contributed by atoms with Gasteiger partial charge >= 0.3 is 0 Å². The highest BCUT2D eigenvalue weighted by Gasteiger charge is 2.17. The molecular formula is C17H14N2O2. The van der Waals surface area contributed by atoms with Gasteiger partial charge in [-0.1, -0.05) is 48.5 Å². The van der Waals surface area contributed by atoms with Crippen LogP contribution in [0.25, 0.3) is 10.9 Å². The number of aldehydes is 1. The molecule has 0 unspecified atom stereocenters. The van der Waals surface area contributed by atoms with Gasteiger partial charge in [0.05, 0.1) is 6.54 Å². The maximum absolute atomic E-state index is 11.9. The van der Waals surface area contributed by atoms with Crippen LogP contribution in [0, 0.1) is 0 Å². The van der Waals surface area contributed by atoms with Crippen LogP contribution in [0.15, 0.2) is 60.7 Å². The van der Waals surface area contributed by atoms with Crippen LogP contribution in [0.2, 0.25) is 0 Å². The summed E-state index contributed by atoms with van der Waals surface area (Å²) >= 11 is 0. The number of nitrogens with zero attached hydrogens (tertiary/aromatic N) is 1. The summed E-state index contributed by atoms with van der Waals surface area (Å²) in [7, 11) is 0. The van der Waals surface area contributed by atoms with Crippen LogP contribution in [0.4, 0.5) is 5.82 Å². The lowest BCUT2D eigenvalue weighted by Gasteiger charge is -2.18. The second kappa shape index (κ2) is 5.63. The maximum atomic E-state index is 11.9. The van der Waals surface area contributed by atoms with E-state index in [1.54, 1.807) is 0 Å². The molecule has 1 heterocycles. The van der Waals surface area contributed by atoms with Crippen LogP contribution in [0.5, 0.6) is 0 Å². The van der Waals surface area contributed by atoms with Crippen molar-refractivity contribution in [1.29, 1.82) is 0 Å². The standard InChI is InChI=1S/C17H14N2O2/c20-12-17(21)19(11-13-6-2-1-3-7-13)16-10-14-8-4-5-9-15(14)18-16/h1-10,12,18H,11H2. The molecule has 4 heteroatoms.